The summed E-state index contributed by atoms with van der Waals surface area (Å²) in [5.41, 5.74) is -2.22. The van der Waals surface area contributed by atoms with Gasteiger partial charge in [0.15, 0.2) is 0 Å². The fourth-order valence-electron chi connectivity index (χ4n) is 1.09. The van der Waals surface area contributed by atoms with Crippen molar-refractivity contribution >= 4 is 11.8 Å². The van der Waals surface area contributed by atoms with E-state index in [1.165, 1.54) is 19.0 Å². The van der Waals surface area contributed by atoms with Crippen molar-refractivity contribution in [1.29, 1.82) is 0 Å². The Morgan fingerprint density at radius 3 is 2.38 bits per heavy atom. The van der Waals surface area contributed by atoms with Crippen molar-refractivity contribution in [2.75, 3.05) is 19.0 Å². The second-order valence-electron chi connectivity index (χ2n) is 3.27. The Kier molecular flexibility index (Phi) is 3.06. The van der Waals surface area contributed by atoms with Gasteiger partial charge in [0.2, 0.25) is 0 Å². The van der Waals surface area contributed by atoms with Crippen molar-refractivity contribution in [2.45, 2.75) is 6.18 Å². The Morgan fingerprint density at radius 1 is 1.44 bits per heavy atom. The number of hydrogen-bond donors (Lipinski definition) is 0. The standard InChI is InChI=1S/C9H9F3N2O2/c1-14(2)7-3-6(9(10,11)12)5(4-13-7)8(15)16/h3-4H,1-2H3,(H,15,16)/p-1. The molecule has 0 unspecified atom stereocenters. The van der Waals surface area contributed by atoms with Crippen molar-refractivity contribution in [2.24, 2.45) is 0 Å². The topological polar surface area (TPSA) is 56.3 Å². The van der Waals surface area contributed by atoms with E-state index >= 15 is 0 Å². The zero-order valence-corrected chi connectivity index (χ0v) is 8.50. The molecule has 0 aromatic carbocycles. The van der Waals surface area contributed by atoms with Gasteiger partial charge in [0, 0.05) is 25.9 Å². The molecule has 0 aliphatic carbocycles. The maximum Gasteiger partial charge on any atom is 0.417 e. The molecule has 7 heteroatoms. The van der Waals surface area contributed by atoms with Crippen LogP contribution in [-0.4, -0.2) is 25.0 Å². The molecule has 0 saturated carbocycles. The molecule has 0 aliphatic heterocycles. The summed E-state index contributed by atoms with van der Waals surface area (Å²) in [6.07, 6.45) is -4.10. The molecule has 16 heavy (non-hydrogen) atoms. The van der Waals surface area contributed by atoms with Gasteiger partial charge in [0.1, 0.15) is 5.82 Å². The first-order valence-electron chi connectivity index (χ1n) is 4.19. The molecule has 1 heterocycles. The average Bonchev–Trinajstić information content (AvgIpc) is 2.15. The van der Waals surface area contributed by atoms with Crippen LogP contribution in [0.3, 0.4) is 0 Å². The minimum Gasteiger partial charge on any atom is -0.545 e. The fourth-order valence-corrected chi connectivity index (χ4v) is 1.09. The van der Waals surface area contributed by atoms with Gasteiger partial charge in [-0.2, -0.15) is 13.2 Å². The largest absolute Gasteiger partial charge is 0.545 e. The van der Waals surface area contributed by atoms with E-state index < -0.39 is 23.3 Å². The maximum atomic E-state index is 12.5. The molecule has 0 saturated heterocycles. The lowest BCUT2D eigenvalue weighted by Gasteiger charge is -2.17. The van der Waals surface area contributed by atoms with Gasteiger partial charge in [0.25, 0.3) is 0 Å². The third-order valence-corrected chi connectivity index (χ3v) is 1.87. The van der Waals surface area contributed by atoms with E-state index in [1.54, 1.807) is 0 Å². The van der Waals surface area contributed by atoms with Crippen LogP contribution in [0.25, 0.3) is 0 Å². The molecular formula is C9H8F3N2O2-. The molecule has 1 rings (SSSR count). The van der Waals surface area contributed by atoms with Crippen LogP contribution in [-0.2, 0) is 6.18 Å². The fraction of sp³-hybridized carbons (Fsp3) is 0.333. The zero-order chi connectivity index (χ0) is 12.5. The highest BCUT2D eigenvalue weighted by Gasteiger charge is 2.34. The molecule has 0 bridgehead atoms. The molecule has 1 aromatic rings. The highest BCUT2D eigenvalue weighted by Crippen LogP contribution is 2.33. The number of pyridine rings is 1. The summed E-state index contributed by atoms with van der Waals surface area (Å²) in [6, 6.07) is 0.672. The van der Waals surface area contributed by atoms with E-state index in [0.717, 1.165) is 0 Å². The number of hydrogen-bond acceptors (Lipinski definition) is 4. The van der Waals surface area contributed by atoms with E-state index in [2.05, 4.69) is 4.98 Å². The van der Waals surface area contributed by atoms with Crippen LogP contribution >= 0.6 is 0 Å². The maximum absolute atomic E-state index is 12.5. The minimum atomic E-state index is -4.75. The molecule has 0 fully saturated rings. The van der Waals surface area contributed by atoms with Gasteiger partial charge in [-0.15, -0.1) is 0 Å². The van der Waals surface area contributed by atoms with Gasteiger partial charge < -0.3 is 14.8 Å². The number of alkyl halides is 3. The number of carbonyl (C=O) groups excluding carboxylic acids is 1. The van der Waals surface area contributed by atoms with Crippen molar-refractivity contribution in [3.8, 4) is 0 Å². The number of rotatable bonds is 2. The molecule has 1 aromatic heterocycles. The van der Waals surface area contributed by atoms with Crippen LogP contribution < -0.4 is 10.0 Å². The number of aromatic carboxylic acids is 1. The summed E-state index contributed by atoms with van der Waals surface area (Å²) in [6.45, 7) is 0. The van der Waals surface area contributed by atoms with E-state index in [-0.39, 0.29) is 5.82 Å². The number of carbonyl (C=O) groups is 1. The van der Waals surface area contributed by atoms with Gasteiger partial charge >= 0.3 is 6.18 Å². The highest BCUT2D eigenvalue weighted by atomic mass is 19.4. The molecule has 4 nitrogen and oxygen atoms in total. The molecule has 0 radical (unpaired) electrons. The SMILES string of the molecule is CN(C)c1cc(C(F)(F)F)c(C(=O)[O-])cn1. The van der Waals surface area contributed by atoms with Gasteiger partial charge in [-0.3, -0.25) is 0 Å². The van der Waals surface area contributed by atoms with E-state index in [4.69, 9.17) is 0 Å². The first-order chi connectivity index (χ1) is 7.23. The number of nitrogens with zero attached hydrogens (tertiary/aromatic N) is 2. The molecule has 0 atom stereocenters. The number of aromatic nitrogens is 1. The molecule has 0 aliphatic rings. The molecule has 0 N–H and O–H groups in total. The summed E-state index contributed by atoms with van der Waals surface area (Å²) in [5, 5.41) is 10.5. The Bertz CT molecular complexity index is 416. The second-order valence-corrected chi connectivity index (χ2v) is 3.27. The summed E-state index contributed by atoms with van der Waals surface area (Å²) in [4.78, 5) is 15.4. The lowest BCUT2D eigenvalue weighted by Crippen LogP contribution is -2.27. The molecular weight excluding hydrogens is 225 g/mol. The number of carboxylic acids is 1. The smallest absolute Gasteiger partial charge is 0.417 e. The normalized spacial score (nSPS) is 11.3. The van der Waals surface area contributed by atoms with Crippen LogP contribution in [0.15, 0.2) is 12.3 Å². The lowest BCUT2D eigenvalue weighted by molar-refractivity contribution is -0.255. The van der Waals surface area contributed by atoms with Crippen LogP contribution in [0.1, 0.15) is 15.9 Å². The lowest BCUT2D eigenvalue weighted by atomic mass is 10.1. The minimum absolute atomic E-state index is 0.0253. The van der Waals surface area contributed by atoms with Crippen molar-refractivity contribution in [3.63, 3.8) is 0 Å². The van der Waals surface area contributed by atoms with Crippen molar-refractivity contribution < 1.29 is 23.1 Å². The van der Waals surface area contributed by atoms with Crippen LogP contribution in [0, 0.1) is 0 Å². The summed E-state index contributed by atoms with van der Waals surface area (Å²) >= 11 is 0. The Hall–Kier alpha value is -1.79. The van der Waals surface area contributed by atoms with E-state index in [9.17, 15) is 23.1 Å². The van der Waals surface area contributed by atoms with Gasteiger partial charge in [-0.05, 0) is 6.07 Å². The number of carboxylic acid groups (broad SMARTS) is 1. The number of halogens is 3. The molecule has 88 valence electrons. The van der Waals surface area contributed by atoms with Crippen LogP contribution in [0.4, 0.5) is 19.0 Å². The van der Waals surface area contributed by atoms with Crippen molar-refractivity contribution in [1.82, 2.24) is 4.98 Å². The first-order valence-corrected chi connectivity index (χ1v) is 4.19. The number of anilines is 1. The monoisotopic (exact) mass is 233 g/mol. The summed E-state index contributed by atoms with van der Waals surface area (Å²) in [5.74, 6) is -1.87. The van der Waals surface area contributed by atoms with Crippen LogP contribution in [0.2, 0.25) is 0 Å². The van der Waals surface area contributed by atoms with Crippen LogP contribution in [0.5, 0.6) is 0 Å². The summed E-state index contributed by atoms with van der Waals surface area (Å²) in [7, 11) is 3.00. The quantitative estimate of drug-likeness (QED) is 0.747. The predicted octanol–water partition coefficient (Wildman–Crippen LogP) is 0.530. The Morgan fingerprint density at radius 2 is 2.00 bits per heavy atom. The molecule has 0 amide bonds. The first kappa shape index (κ1) is 12.3. The van der Waals surface area contributed by atoms with Gasteiger partial charge in [-0.1, -0.05) is 0 Å². The van der Waals surface area contributed by atoms with E-state index in [1.807, 2.05) is 0 Å². The summed E-state index contributed by atoms with van der Waals surface area (Å²) < 4.78 is 37.5. The predicted molar refractivity (Wildman–Crippen MR) is 47.9 cm³/mol. The van der Waals surface area contributed by atoms with Crippen molar-refractivity contribution in [3.05, 3.63) is 23.4 Å². The Labute approximate surface area is 89.3 Å². The highest BCUT2D eigenvalue weighted by molar-refractivity contribution is 5.87. The second kappa shape index (κ2) is 3.99. The third kappa shape index (κ3) is 2.41. The zero-order valence-electron chi connectivity index (χ0n) is 8.50. The molecule has 0 spiro atoms. The van der Waals surface area contributed by atoms with Gasteiger partial charge in [0.05, 0.1) is 11.5 Å². The van der Waals surface area contributed by atoms with Gasteiger partial charge in [-0.25, -0.2) is 4.98 Å². The third-order valence-electron chi connectivity index (χ3n) is 1.87. The van der Waals surface area contributed by atoms with E-state index in [0.29, 0.717) is 12.3 Å². The Balaban J connectivity index is 3.39. The average molecular weight is 233 g/mol.